The van der Waals surface area contributed by atoms with E-state index in [1.165, 1.54) is 12.3 Å². The molecule has 0 amide bonds. The smallest absolute Gasteiger partial charge is 0.211 e. The Kier molecular flexibility index (Phi) is 4.53. The summed E-state index contributed by atoms with van der Waals surface area (Å²) in [5.41, 5.74) is 0.603. The number of ketones is 1. The van der Waals surface area contributed by atoms with Gasteiger partial charge < -0.3 is 4.42 Å². The lowest BCUT2D eigenvalue weighted by atomic mass is 9.93. The Morgan fingerprint density at radius 1 is 1.30 bits per heavy atom. The monoisotopic (exact) mass is 293 g/mol. The average molecular weight is 294 g/mol. The fourth-order valence-corrected chi connectivity index (χ4v) is 2.31. The maximum atomic E-state index is 12.0. The third-order valence-electron chi connectivity index (χ3n) is 2.94. The first-order valence-corrected chi connectivity index (χ1v) is 6.38. The van der Waals surface area contributed by atoms with Gasteiger partial charge in [0.05, 0.1) is 12.2 Å². The van der Waals surface area contributed by atoms with E-state index in [0.29, 0.717) is 10.6 Å². The third kappa shape index (κ3) is 3.45. The molecule has 0 bridgehead atoms. The maximum absolute atomic E-state index is 12.0. The molecule has 0 radical (unpaired) electrons. The number of benzene rings is 1. The second-order valence-corrected chi connectivity index (χ2v) is 4.75. The van der Waals surface area contributed by atoms with E-state index in [4.69, 9.17) is 16.0 Å². The molecule has 0 fully saturated rings. The Morgan fingerprint density at radius 2 is 2.05 bits per heavy atom. The standard InChI is InChI=1S/C14H12ClNO4/c15-12-5-2-1-4-11(12)10(9-16(18)19)8-13(17)14-6-3-7-20-14/h1-7,10H,8-9H2/t10-/m1/s1. The molecule has 2 rings (SSSR count). The number of halogens is 1. The van der Waals surface area contributed by atoms with Gasteiger partial charge >= 0.3 is 0 Å². The molecule has 104 valence electrons. The number of Topliss-reactive ketones (excluding diaryl/α,β-unsaturated/α-hetero) is 1. The van der Waals surface area contributed by atoms with Gasteiger partial charge in [0.1, 0.15) is 0 Å². The summed E-state index contributed by atoms with van der Waals surface area (Å²) >= 11 is 6.05. The Balaban J connectivity index is 2.22. The van der Waals surface area contributed by atoms with Crippen LogP contribution in [0.3, 0.4) is 0 Å². The average Bonchev–Trinajstić information content (AvgIpc) is 2.92. The molecule has 0 aliphatic carbocycles. The number of nitro groups is 1. The zero-order chi connectivity index (χ0) is 14.5. The van der Waals surface area contributed by atoms with Crippen molar-refractivity contribution in [2.24, 2.45) is 0 Å². The van der Waals surface area contributed by atoms with E-state index in [9.17, 15) is 14.9 Å². The fourth-order valence-electron chi connectivity index (χ4n) is 2.02. The molecule has 0 saturated heterocycles. The second-order valence-electron chi connectivity index (χ2n) is 4.34. The number of hydrogen-bond donors (Lipinski definition) is 0. The van der Waals surface area contributed by atoms with Gasteiger partial charge in [0.15, 0.2) is 11.5 Å². The zero-order valence-electron chi connectivity index (χ0n) is 10.5. The summed E-state index contributed by atoms with van der Waals surface area (Å²) < 4.78 is 5.01. The fraction of sp³-hybridized carbons (Fsp3) is 0.214. The zero-order valence-corrected chi connectivity index (χ0v) is 11.2. The molecule has 1 aromatic carbocycles. The minimum Gasteiger partial charge on any atom is -0.461 e. The van der Waals surface area contributed by atoms with Gasteiger partial charge in [-0.05, 0) is 23.8 Å². The summed E-state index contributed by atoms with van der Waals surface area (Å²) in [6.45, 7) is -0.351. The van der Waals surface area contributed by atoms with Crippen LogP contribution >= 0.6 is 11.6 Å². The quantitative estimate of drug-likeness (QED) is 0.463. The van der Waals surface area contributed by atoms with Crippen LogP contribution in [0.2, 0.25) is 5.02 Å². The molecule has 0 aliphatic heterocycles. The molecule has 0 saturated carbocycles. The lowest BCUT2D eigenvalue weighted by Crippen LogP contribution is -2.16. The minimum atomic E-state index is -0.573. The van der Waals surface area contributed by atoms with Crippen LogP contribution in [0.1, 0.15) is 28.5 Å². The van der Waals surface area contributed by atoms with Gasteiger partial charge in [0.2, 0.25) is 6.54 Å². The number of carbonyl (C=O) groups excluding carboxylic acids is 1. The Morgan fingerprint density at radius 3 is 2.65 bits per heavy atom. The van der Waals surface area contributed by atoms with Crippen LogP contribution in [0.4, 0.5) is 0 Å². The van der Waals surface area contributed by atoms with Crippen LogP contribution in [0.5, 0.6) is 0 Å². The van der Waals surface area contributed by atoms with Crippen LogP contribution in [-0.4, -0.2) is 17.3 Å². The molecule has 0 unspecified atom stereocenters. The van der Waals surface area contributed by atoms with E-state index in [2.05, 4.69) is 0 Å². The topological polar surface area (TPSA) is 73.3 Å². The predicted octanol–water partition coefficient (Wildman–Crippen LogP) is 3.57. The van der Waals surface area contributed by atoms with Crippen molar-refractivity contribution in [3.8, 4) is 0 Å². The number of nitrogens with zero attached hydrogens (tertiary/aromatic N) is 1. The first kappa shape index (κ1) is 14.3. The molecule has 0 N–H and O–H groups in total. The molecule has 1 heterocycles. The molecule has 2 aromatic rings. The van der Waals surface area contributed by atoms with Gasteiger partial charge in [-0.3, -0.25) is 14.9 Å². The van der Waals surface area contributed by atoms with E-state index < -0.39 is 10.8 Å². The van der Waals surface area contributed by atoms with Crippen LogP contribution in [0.15, 0.2) is 47.1 Å². The predicted molar refractivity (Wildman–Crippen MR) is 73.7 cm³/mol. The van der Waals surface area contributed by atoms with Gasteiger partial charge in [0.25, 0.3) is 0 Å². The summed E-state index contributed by atoms with van der Waals surface area (Å²) in [6, 6.07) is 9.98. The van der Waals surface area contributed by atoms with Crippen molar-refractivity contribution < 1.29 is 14.1 Å². The van der Waals surface area contributed by atoms with Crippen molar-refractivity contribution in [1.82, 2.24) is 0 Å². The summed E-state index contributed by atoms with van der Waals surface area (Å²) in [6.07, 6.45) is 1.38. The summed E-state index contributed by atoms with van der Waals surface area (Å²) in [7, 11) is 0. The van der Waals surface area contributed by atoms with Crippen molar-refractivity contribution in [1.29, 1.82) is 0 Å². The molecule has 0 spiro atoms. The van der Waals surface area contributed by atoms with Crippen LogP contribution in [0, 0.1) is 10.1 Å². The van der Waals surface area contributed by atoms with Crippen molar-refractivity contribution in [2.45, 2.75) is 12.3 Å². The molecule has 20 heavy (non-hydrogen) atoms. The van der Waals surface area contributed by atoms with E-state index in [1.807, 2.05) is 0 Å². The highest BCUT2D eigenvalue weighted by atomic mass is 35.5. The van der Waals surface area contributed by atoms with Crippen molar-refractivity contribution in [2.75, 3.05) is 6.54 Å². The van der Waals surface area contributed by atoms with Gasteiger partial charge in [-0.25, -0.2) is 0 Å². The van der Waals surface area contributed by atoms with Crippen molar-refractivity contribution >= 4 is 17.4 Å². The lowest BCUT2D eigenvalue weighted by Gasteiger charge is -2.13. The molecule has 1 aromatic heterocycles. The van der Waals surface area contributed by atoms with Gasteiger partial charge in [-0.2, -0.15) is 0 Å². The molecule has 1 atom stereocenters. The highest BCUT2D eigenvalue weighted by Gasteiger charge is 2.25. The molecule has 6 heteroatoms. The Hall–Kier alpha value is -2.14. The molecular weight excluding hydrogens is 282 g/mol. The number of carbonyl (C=O) groups is 1. The summed E-state index contributed by atoms with van der Waals surface area (Å²) in [5.74, 6) is -0.650. The Bertz CT molecular complexity index is 609. The van der Waals surface area contributed by atoms with E-state index in [1.54, 1.807) is 30.3 Å². The Labute approximate surface area is 120 Å². The highest BCUT2D eigenvalue weighted by molar-refractivity contribution is 6.31. The van der Waals surface area contributed by atoms with E-state index >= 15 is 0 Å². The van der Waals surface area contributed by atoms with Gasteiger partial charge in [-0.1, -0.05) is 29.8 Å². The third-order valence-corrected chi connectivity index (χ3v) is 3.29. The maximum Gasteiger partial charge on any atom is 0.211 e. The number of hydrogen-bond acceptors (Lipinski definition) is 4. The van der Waals surface area contributed by atoms with Crippen LogP contribution in [-0.2, 0) is 0 Å². The lowest BCUT2D eigenvalue weighted by molar-refractivity contribution is -0.483. The molecule has 0 aliphatic rings. The van der Waals surface area contributed by atoms with Gasteiger partial charge in [0, 0.05) is 16.4 Å². The molecular formula is C14H12ClNO4. The second kappa shape index (κ2) is 6.34. The number of rotatable bonds is 6. The van der Waals surface area contributed by atoms with Crippen LogP contribution in [0.25, 0.3) is 0 Å². The summed E-state index contributed by atoms with van der Waals surface area (Å²) in [4.78, 5) is 22.4. The molecule has 5 nitrogen and oxygen atoms in total. The first-order chi connectivity index (χ1) is 9.58. The highest BCUT2D eigenvalue weighted by Crippen LogP contribution is 2.28. The van der Waals surface area contributed by atoms with Crippen LogP contribution < -0.4 is 0 Å². The van der Waals surface area contributed by atoms with Crippen molar-refractivity contribution in [3.63, 3.8) is 0 Å². The minimum absolute atomic E-state index is 0.0156. The SMILES string of the molecule is O=C(C[C@H](C[N+](=O)[O-])c1ccccc1Cl)c1ccco1. The normalized spacial score (nSPS) is 12.1. The first-order valence-electron chi connectivity index (χ1n) is 6.01. The summed E-state index contributed by atoms with van der Waals surface area (Å²) in [5, 5.41) is 11.2. The number of furan rings is 1. The van der Waals surface area contributed by atoms with Gasteiger partial charge in [-0.15, -0.1) is 0 Å². The van der Waals surface area contributed by atoms with E-state index in [-0.39, 0.29) is 24.5 Å². The largest absolute Gasteiger partial charge is 0.461 e. The van der Waals surface area contributed by atoms with Crippen molar-refractivity contribution in [3.05, 3.63) is 69.1 Å². The van der Waals surface area contributed by atoms with E-state index in [0.717, 1.165) is 0 Å².